The minimum atomic E-state index is -0.142. The molecule has 2 aliphatic heterocycles. The third kappa shape index (κ3) is 1.16. The van der Waals surface area contributed by atoms with Gasteiger partial charge in [0.1, 0.15) is 6.61 Å². The van der Waals surface area contributed by atoms with Crippen molar-refractivity contribution in [3.8, 4) is 0 Å². The zero-order chi connectivity index (χ0) is 8.55. The van der Waals surface area contributed by atoms with Gasteiger partial charge in [0, 0.05) is 12.6 Å². The maximum absolute atomic E-state index is 11.2. The second-order valence-electron chi connectivity index (χ2n) is 3.48. The van der Waals surface area contributed by atoms with E-state index in [-0.39, 0.29) is 12.1 Å². The summed E-state index contributed by atoms with van der Waals surface area (Å²) < 4.78 is 4.95. The van der Waals surface area contributed by atoms with Gasteiger partial charge in [-0.25, -0.2) is 4.79 Å². The quantitative estimate of drug-likeness (QED) is 0.610. The minimum Gasteiger partial charge on any atom is -0.447 e. The molecule has 0 aromatic carbocycles. The lowest BCUT2D eigenvalue weighted by atomic mass is 10.2. The van der Waals surface area contributed by atoms with E-state index in [1.54, 1.807) is 0 Å². The molecule has 4 heteroatoms. The fourth-order valence-corrected chi connectivity index (χ4v) is 1.91. The summed E-state index contributed by atoms with van der Waals surface area (Å²) in [4.78, 5) is 13.1. The van der Waals surface area contributed by atoms with Gasteiger partial charge in [0.05, 0.1) is 6.04 Å². The molecule has 2 aliphatic rings. The van der Waals surface area contributed by atoms with Gasteiger partial charge in [-0.1, -0.05) is 0 Å². The highest BCUT2D eigenvalue weighted by Gasteiger charge is 2.36. The van der Waals surface area contributed by atoms with Crippen molar-refractivity contribution in [3.63, 3.8) is 0 Å². The van der Waals surface area contributed by atoms with Gasteiger partial charge in [-0.05, 0) is 19.9 Å². The van der Waals surface area contributed by atoms with Gasteiger partial charge in [0.15, 0.2) is 0 Å². The van der Waals surface area contributed by atoms with Gasteiger partial charge in [-0.15, -0.1) is 0 Å². The molecule has 12 heavy (non-hydrogen) atoms. The zero-order valence-corrected chi connectivity index (χ0v) is 7.25. The molecule has 2 rings (SSSR count). The minimum absolute atomic E-state index is 0.142. The number of nitrogens with one attached hydrogen (secondary N) is 1. The topological polar surface area (TPSA) is 41.6 Å². The zero-order valence-electron chi connectivity index (χ0n) is 7.25. The van der Waals surface area contributed by atoms with E-state index in [0.717, 1.165) is 19.5 Å². The summed E-state index contributed by atoms with van der Waals surface area (Å²) in [5.41, 5.74) is 0. The smallest absolute Gasteiger partial charge is 0.410 e. The predicted molar refractivity (Wildman–Crippen MR) is 43.9 cm³/mol. The maximum atomic E-state index is 11.2. The first-order valence-electron chi connectivity index (χ1n) is 4.45. The van der Waals surface area contributed by atoms with Crippen molar-refractivity contribution in [1.82, 2.24) is 10.2 Å². The number of hydrogen-bond donors (Lipinski definition) is 1. The number of nitrogens with zero attached hydrogens (tertiary/aromatic N) is 1. The fraction of sp³-hybridized carbons (Fsp3) is 0.875. The molecule has 0 saturated carbocycles. The van der Waals surface area contributed by atoms with E-state index in [0.29, 0.717) is 12.6 Å². The molecule has 2 fully saturated rings. The molecule has 2 saturated heterocycles. The van der Waals surface area contributed by atoms with E-state index in [4.69, 9.17) is 4.74 Å². The van der Waals surface area contributed by atoms with Crippen molar-refractivity contribution in [2.24, 2.45) is 0 Å². The van der Waals surface area contributed by atoms with Gasteiger partial charge < -0.3 is 10.1 Å². The van der Waals surface area contributed by atoms with Crippen LogP contribution >= 0.6 is 0 Å². The Bertz CT molecular complexity index is 189. The van der Waals surface area contributed by atoms with Crippen LogP contribution in [0, 0.1) is 0 Å². The first-order valence-corrected chi connectivity index (χ1v) is 4.45. The highest BCUT2D eigenvalue weighted by Crippen LogP contribution is 2.19. The molecule has 68 valence electrons. The van der Waals surface area contributed by atoms with E-state index < -0.39 is 0 Å². The summed E-state index contributed by atoms with van der Waals surface area (Å²) in [5.74, 6) is 0. The predicted octanol–water partition coefficient (Wildman–Crippen LogP) is 0.189. The molecule has 4 nitrogen and oxygen atoms in total. The van der Waals surface area contributed by atoms with Crippen molar-refractivity contribution in [2.75, 3.05) is 19.7 Å². The van der Waals surface area contributed by atoms with Crippen molar-refractivity contribution in [3.05, 3.63) is 0 Å². The van der Waals surface area contributed by atoms with Crippen LogP contribution in [0.5, 0.6) is 0 Å². The Balaban J connectivity index is 2.04. The number of cyclic esters (lactones) is 1. The highest BCUT2D eigenvalue weighted by molar-refractivity contribution is 5.70. The second kappa shape index (κ2) is 2.94. The molecule has 0 aromatic heterocycles. The number of ether oxygens (including phenoxy) is 1. The monoisotopic (exact) mass is 170 g/mol. The Morgan fingerprint density at radius 1 is 1.67 bits per heavy atom. The summed E-state index contributed by atoms with van der Waals surface area (Å²) in [7, 11) is 0. The summed E-state index contributed by atoms with van der Waals surface area (Å²) >= 11 is 0. The van der Waals surface area contributed by atoms with Crippen LogP contribution in [0.15, 0.2) is 0 Å². The van der Waals surface area contributed by atoms with Crippen LogP contribution in [0.4, 0.5) is 4.79 Å². The molecule has 2 atom stereocenters. The second-order valence-corrected chi connectivity index (χ2v) is 3.48. The van der Waals surface area contributed by atoms with Crippen LogP contribution in [0.2, 0.25) is 0 Å². The first kappa shape index (κ1) is 7.86. The van der Waals surface area contributed by atoms with Gasteiger partial charge in [0.25, 0.3) is 0 Å². The lowest BCUT2D eigenvalue weighted by Gasteiger charge is -2.24. The highest BCUT2D eigenvalue weighted by atomic mass is 16.6. The summed E-state index contributed by atoms with van der Waals surface area (Å²) in [6.45, 7) is 4.51. The standard InChI is InChI=1S/C8H14N2O2/c1-6-5-12-8(11)10(6)7-2-3-9-4-7/h6-7,9H,2-5H2,1H3/t6?,7-/m0/s1. The average Bonchev–Trinajstić information content (AvgIpc) is 2.61. The molecule has 2 heterocycles. The van der Waals surface area contributed by atoms with Crippen LogP contribution < -0.4 is 5.32 Å². The maximum Gasteiger partial charge on any atom is 0.410 e. The van der Waals surface area contributed by atoms with Crippen molar-refractivity contribution < 1.29 is 9.53 Å². The van der Waals surface area contributed by atoms with Crippen molar-refractivity contribution in [2.45, 2.75) is 25.4 Å². The van der Waals surface area contributed by atoms with Crippen LogP contribution in [0.1, 0.15) is 13.3 Å². The molecule has 0 radical (unpaired) electrons. The molecular weight excluding hydrogens is 156 g/mol. The Hall–Kier alpha value is -0.770. The van der Waals surface area contributed by atoms with E-state index >= 15 is 0 Å². The van der Waals surface area contributed by atoms with Gasteiger partial charge >= 0.3 is 6.09 Å². The van der Waals surface area contributed by atoms with Crippen LogP contribution in [-0.2, 0) is 4.74 Å². The van der Waals surface area contributed by atoms with Crippen LogP contribution in [-0.4, -0.2) is 42.8 Å². The molecule has 1 amide bonds. The van der Waals surface area contributed by atoms with Crippen molar-refractivity contribution >= 4 is 6.09 Å². The number of rotatable bonds is 1. The number of carbonyl (C=O) groups excluding carboxylic acids is 1. The summed E-state index contributed by atoms with van der Waals surface area (Å²) in [5, 5.41) is 3.24. The van der Waals surface area contributed by atoms with Crippen LogP contribution in [0.3, 0.4) is 0 Å². The molecule has 0 spiro atoms. The Kier molecular flexibility index (Phi) is 1.92. The molecule has 1 unspecified atom stereocenters. The van der Waals surface area contributed by atoms with Gasteiger partial charge in [-0.2, -0.15) is 0 Å². The molecule has 0 aromatic rings. The molecular formula is C8H14N2O2. The van der Waals surface area contributed by atoms with E-state index in [2.05, 4.69) is 5.32 Å². The average molecular weight is 170 g/mol. The summed E-state index contributed by atoms with van der Waals surface area (Å²) in [6, 6.07) is 0.609. The number of carbonyl (C=O) groups is 1. The number of hydrogen-bond acceptors (Lipinski definition) is 3. The molecule has 0 bridgehead atoms. The summed E-state index contributed by atoms with van der Waals surface area (Å²) in [6.07, 6.45) is 0.913. The van der Waals surface area contributed by atoms with E-state index in [1.165, 1.54) is 0 Å². The number of amides is 1. The Labute approximate surface area is 71.9 Å². The Morgan fingerprint density at radius 3 is 3.00 bits per heavy atom. The third-order valence-electron chi connectivity index (χ3n) is 2.56. The van der Waals surface area contributed by atoms with Gasteiger partial charge in [0.2, 0.25) is 0 Å². The fourth-order valence-electron chi connectivity index (χ4n) is 1.91. The lowest BCUT2D eigenvalue weighted by molar-refractivity contribution is 0.147. The van der Waals surface area contributed by atoms with Crippen molar-refractivity contribution in [1.29, 1.82) is 0 Å². The largest absolute Gasteiger partial charge is 0.447 e. The van der Waals surface area contributed by atoms with E-state index in [9.17, 15) is 4.79 Å². The Morgan fingerprint density at radius 2 is 2.50 bits per heavy atom. The SMILES string of the molecule is CC1COC(=O)N1[C@H]1CCNC1. The van der Waals surface area contributed by atoms with Crippen LogP contribution in [0.25, 0.3) is 0 Å². The third-order valence-corrected chi connectivity index (χ3v) is 2.56. The molecule has 0 aliphatic carbocycles. The normalized spacial score (nSPS) is 35.8. The molecule has 1 N–H and O–H groups in total. The van der Waals surface area contributed by atoms with Gasteiger partial charge in [-0.3, -0.25) is 4.90 Å². The van der Waals surface area contributed by atoms with E-state index in [1.807, 2.05) is 11.8 Å². The lowest BCUT2D eigenvalue weighted by Crippen LogP contribution is -2.41. The first-order chi connectivity index (χ1) is 5.79.